The van der Waals surface area contributed by atoms with Crippen molar-refractivity contribution in [2.75, 3.05) is 13.2 Å². The Labute approximate surface area is 466 Å². The minimum atomic E-state index is 0.387. The normalized spacial score (nSPS) is 12.2. The second-order valence-corrected chi connectivity index (χ2v) is 25.6. The van der Waals surface area contributed by atoms with Gasteiger partial charge in [0.15, 0.2) is 0 Å². The summed E-state index contributed by atoms with van der Waals surface area (Å²) >= 11 is 0. The van der Waals surface area contributed by atoms with Gasteiger partial charge in [-0.3, -0.25) is 0 Å². The lowest BCUT2D eigenvalue weighted by molar-refractivity contribution is -0.0277. The number of hydrogen-bond donors (Lipinski definition) is 0. The molecule has 0 N–H and O–H groups in total. The lowest BCUT2D eigenvalue weighted by atomic mass is 9.75. The molecule has 0 aromatic carbocycles. The Morgan fingerprint density at radius 3 is 0.411 bits per heavy atom. The molecule has 0 aliphatic heterocycles. The van der Waals surface area contributed by atoms with Gasteiger partial charge in [-0.1, -0.05) is 401 Å². The van der Waals surface area contributed by atoms with Crippen LogP contribution in [0.1, 0.15) is 440 Å². The van der Waals surface area contributed by atoms with Crippen molar-refractivity contribution in [1.82, 2.24) is 0 Å². The molecule has 0 aromatic rings. The second-order valence-electron chi connectivity index (χ2n) is 25.6. The molecule has 1 heteroatoms. The van der Waals surface area contributed by atoms with Gasteiger partial charge in [-0.25, -0.2) is 0 Å². The smallest absolute Gasteiger partial charge is 0.0522 e. The fraction of sp³-hybridized carbons (Fsp3) is 1.00. The summed E-state index contributed by atoms with van der Waals surface area (Å²) in [5.74, 6) is 0. The molecular weight excluding hydrogens is 881 g/mol. The fourth-order valence-corrected chi connectivity index (χ4v) is 12.7. The number of hydrogen-bond acceptors (Lipinski definition) is 1. The summed E-state index contributed by atoms with van der Waals surface area (Å²) < 4.78 is 7.22. The van der Waals surface area contributed by atoms with Crippen LogP contribution in [0.25, 0.3) is 0 Å². The molecule has 1 nitrogen and oxygen atoms in total. The van der Waals surface area contributed by atoms with Crippen molar-refractivity contribution < 1.29 is 4.74 Å². The first-order valence-electron chi connectivity index (χ1n) is 35.6. The van der Waals surface area contributed by atoms with Crippen LogP contribution in [0.4, 0.5) is 0 Å². The van der Waals surface area contributed by atoms with Crippen LogP contribution in [-0.4, -0.2) is 13.2 Å². The summed E-state index contributed by atoms with van der Waals surface area (Å²) in [4.78, 5) is 0. The molecule has 0 aliphatic carbocycles. The van der Waals surface area contributed by atoms with E-state index in [1.807, 2.05) is 0 Å². The molecule has 0 saturated carbocycles. The third-order valence-electron chi connectivity index (χ3n) is 18.6. The van der Waals surface area contributed by atoms with Gasteiger partial charge < -0.3 is 4.74 Å². The van der Waals surface area contributed by atoms with Crippen LogP contribution >= 0.6 is 0 Å². The third kappa shape index (κ3) is 52.4. The zero-order valence-corrected chi connectivity index (χ0v) is 52.7. The topological polar surface area (TPSA) is 9.23 Å². The molecule has 0 aliphatic rings. The number of ether oxygens (including phenoxy) is 1. The van der Waals surface area contributed by atoms with Gasteiger partial charge in [0.25, 0.3) is 0 Å². The van der Waals surface area contributed by atoms with Gasteiger partial charge in [-0.15, -0.1) is 0 Å². The Kier molecular flexibility index (Phi) is 61.1. The van der Waals surface area contributed by atoms with Gasteiger partial charge in [0.1, 0.15) is 0 Å². The maximum absolute atomic E-state index is 7.22. The van der Waals surface area contributed by atoms with Crippen LogP contribution in [-0.2, 0) is 4.74 Å². The highest BCUT2D eigenvalue weighted by Gasteiger charge is 2.32. The van der Waals surface area contributed by atoms with Gasteiger partial charge in [-0.05, 0) is 49.4 Å². The van der Waals surface area contributed by atoms with E-state index in [-0.39, 0.29) is 0 Å². The average molecular weight is 1030 g/mol. The molecule has 0 bridgehead atoms. The van der Waals surface area contributed by atoms with E-state index in [1.54, 1.807) is 0 Å². The van der Waals surface area contributed by atoms with Gasteiger partial charge in [0.05, 0.1) is 13.2 Å². The molecule has 0 radical (unpaired) electrons. The Morgan fingerprint density at radius 1 is 0.164 bits per heavy atom. The van der Waals surface area contributed by atoms with E-state index in [2.05, 4.69) is 41.5 Å². The number of rotatable bonds is 66. The zero-order chi connectivity index (χ0) is 53.0. The van der Waals surface area contributed by atoms with E-state index >= 15 is 0 Å². The summed E-state index contributed by atoms with van der Waals surface area (Å²) in [5.41, 5.74) is 0.774. The van der Waals surface area contributed by atoms with Crippen LogP contribution in [0.5, 0.6) is 0 Å². The lowest BCUT2D eigenvalue weighted by Crippen LogP contribution is -2.32. The largest absolute Gasteiger partial charge is 0.380 e. The lowest BCUT2D eigenvalue weighted by Gasteiger charge is -2.37. The first kappa shape index (κ1) is 73.0. The van der Waals surface area contributed by atoms with Crippen LogP contribution < -0.4 is 0 Å². The Bertz CT molecular complexity index is 829. The highest BCUT2D eigenvalue weighted by Crippen LogP contribution is 2.40. The van der Waals surface area contributed by atoms with E-state index in [1.165, 1.54) is 398 Å². The summed E-state index contributed by atoms with van der Waals surface area (Å²) in [7, 11) is 0. The highest BCUT2D eigenvalue weighted by atomic mass is 16.5. The Balaban J connectivity index is 5.22. The molecule has 0 unspecified atom stereocenters. The monoisotopic (exact) mass is 1030 g/mol. The van der Waals surface area contributed by atoms with E-state index in [0.29, 0.717) is 10.8 Å². The average Bonchev–Trinajstić information content (AvgIpc) is 3.40. The van der Waals surface area contributed by atoms with E-state index < -0.39 is 0 Å². The molecule has 0 atom stereocenters. The maximum atomic E-state index is 7.22. The molecule has 0 heterocycles. The van der Waals surface area contributed by atoms with Gasteiger partial charge in [-0.2, -0.15) is 0 Å². The second kappa shape index (κ2) is 61.2. The van der Waals surface area contributed by atoms with Crippen molar-refractivity contribution in [2.45, 2.75) is 440 Å². The minimum absolute atomic E-state index is 0.387. The van der Waals surface area contributed by atoms with Crippen molar-refractivity contribution >= 4 is 0 Å². The molecule has 0 fully saturated rings. The van der Waals surface area contributed by atoms with Crippen molar-refractivity contribution in [3.8, 4) is 0 Å². The van der Waals surface area contributed by atoms with E-state index in [4.69, 9.17) is 4.74 Å². The van der Waals surface area contributed by atoms with Crippen LogP contribution in [0.3, 0.4) is 0 Å². The highest BCUT2D eigenvalue weighted by molar-refractivity contribution is 4.82. The molecule has 440 valence electrons. The van der Waals surface area contributed by atoms with Crippen LogP contribution in [0, 0.1) is 10.8 Å². The van der Waals surface area contributed by atoms with E-state index in [9.17, 15) is 0 Å². The van der Waals surface area contributed by atoms with Gasteiger partial charge in [0.2, 0.25) is 0 Å². The molecular formula is C72H146O. The number of unbranched alkanes of at least 4 members (excludes halogenated alkanes) is 52. The van der Waals surface area contributed by atoms with Gasteiger partial charge in [0, 0.05) is 0 Å². The molecule has 0 aromatic heterocycles. The molecule has 0 spiro atoms. The molecule has 0 amide bonds. The van der Waals surface area contributed by atoms with Crippen molar-refractivity contribution in [1.29, 1.82) is 0 Å². The van der Waals surface area contributed by atoms with Crippen molar-refractivity contribution in [3.63, 3.8) is 0 Å². The van der Waals surface area contributed by atoms with Crippen molar-refractivity contribution in [3.05, 3.63) is 0 Å². The SMILES string of the molecule is CCCCCCCCCCCCCCCCC(CC)(CCCCCCCCCCCCCCCC)COCC(CC)(CCCCCCCCCCCCCCCC)CCCCCCCCCCCCCCCC. The fourth-order valence-electron chi connectivity index (χ4n) is 12.7. The predicted octanol–water partition coefficient (Wildman–Crippen LogP) is 27.3. The molecule has 73 heavy (non-hydrogen) atoms. The standard InChI is InChI=1S/C72H146O/c1-7-13-17-21-25-29-33-37-41-45-49-53-57-61-65-71(11-5,66-62-58-54-50-46-42-38-34-30-26-22-18-14-8-2)69-73-70-72(12-6,67-63-59-55-51-47-43-39-35-31-27-23-19-15-9-3)68-64-60-56-52-48-44-40-36-32-28-24-20-16-10-4/h7-70H2,1-6H3. The first-order chi connectivity index (χ1) is 36.1. The Hall–Kier alpha value is -0.0400. The first-order valence-corrected chi connectivity index (χ1v) is 35.6. The summed E-state index contributed by atoms with van der Waals surface area (Å²) in [6.07, 6.45) is 89.6. The summed E-state index contributed by atoms with van der Waals surface area (Å²) in [6, 6.07) is 0. The quantitative estimate of drug-likeness (QED) is 0.0552. The Morgan fingerprint density at radius 2 is 0.288 bits per heavy atom. The third-order valence-corrected chi connectivity index (χ3v) is 18.6. The maximum Gasteiger partial charge on any atom is 0.0522 e. The predicted molar refractivity (Wildman–Crippen MR) is 336 cm³/mol. The summed E-state index contributed by atoms with van der Waals surface area (Å²) in [5, 5.41) is 0. The van der Waals surface area contributed by atoms with Crippen molar-refractivity contribution in [2.24, 2.45) is 10.8 Å². The van der Waals surface area contributed by atoms with E-state index in [0.717, 1.165) is 13.2 Å². The van der Waals surface area contributed by atoms with Gasteiger partial charge >= 0.3 is 0 Å². The minimum Gasteiger partial charge on any atom is -0.380 e. The van der Waals surface area contributed by atoms with Crippen LogP contribution in [0.2, 0.25) is 0 Å². The summed E-state index contributed by atoms with van der Waals surface area (Å²) in [6.45, 7) is 16.4. The zero-order valence-electron chi connectivity index (χ0n) is 52.7. The van der Waals surface area contributed by atoms with Crippen LogP contribution in [0.15, 0.2) is 0 Å². The molecule has 0 rings (SSSR count). The molecule has 0 saturated heterocycles.